The zero-order valence-electron chi connectivity index (χ0n) is 16.5. The Bertz CT molecular complexity index is 1050. The minimum Gasteiger partial charge on any atom is -0.485 e. The van der Waals surface area contributed by atoms with Crippen molar-refractivity contribution in [3.63, 3.8) is 0 Å². The van der Waals surface area contributed by atoms with Crippen molar-refractivity contribution in [2.24, 2.45) is 0 Å². The van der Waals surface area contributed by atoms with E-state index < -0.39 is 31.5 Å². The Kier molecular flexibility index (Phi) is 6.41. The number of benzene rings is 2. The average Bonchev–Trinajstić information content (AvgIpc) is 2.62. The van der Waals surface area contributed by atoms with Gasteiger partial charge >= 0.3 is 7.82 Å². The number of nitrogens with one attached hydrogen (secondary N) is 1. The highest BCUT2D eigenvalue weighted by atomic mass is 127. The molecular formula is C20H21INO7P. The molecule has 1 aliphatic heterocycles. The summed E-state index contributed by atoms with van der Waals surface area (Å²) in [5.41, 5.74) is -0.0279. The molecule has 30 heavy (non-hydrogen) atoms. The van der Waals surface area contributed by atoms with Crippen LogP contribution in [0.1, 0.15) is 53.1 Å². The van der Waals surface area contributed by atoms with Crippen molar-refractivity contribution in [2.75, 3.05) is 0 Å². The van der Waals surface area contributed by atoms with Gasteiger partial charge in [-0.3, -0.25) is 14.1 Å². The number of Topliss-reactive ketones (excluding diaryl/α,β-unsaturated/α-hetero) is 1. The summed E-state index contributed by atoms with van der Waals surface area (Å²) in [7, 11) is -4.92. The minimum atomic E-state index is -4.92. The molecule has 160 valence electrons. The fourth-order valence-electron chi connectivity index (χ4n) is 3.35. The SMILES string of the molecule is CC(=O)c1ccc2c(c1)[C@@H](NC(=O)c1cccc(I)c1)[C@@H](OP(=O)(O)O)C(C)(C)O2. The smallest absolute Gasteiger partial charge is 0.470 e. The lowest BCUT2D eigenvalue weighted by Crippen LogP contribution is -2.54. The number of hydrogen-bond acceptors (Lipinski definition) is 5. The van der Waals surface area contributed by atoms with Crippen molar-refractivity contribution in [3.05, 3.63) is 62.7 Å². The molecule has 2 aromatic carbocycles. The fraction of sp³-hybridized carbons (Fsp3) is 0.300. The molecule has 3 rings (SSSR count). The van der Waals surface area contributed by atoms with Crippen LogP contribution in [-0.2, 0) is 9.09 Å². The molecule has 1 aliphatic rings. The maximum atomic E-state index is 12.9. The molecule has 0 radical (unpaired) electrons. The lowest BCUT2D eigenvalue weighted by atomic mass is 9.85. The molecule has 3 N–H and O–H groups in total. The highest BCUT2D eigenvalue weighted by molar-refractivity contribution is 14.1. The Morgan fingerprint density at radius 3 is 2.47 bits per heavy atom. The molecule has 0 saturated heterocycles. The van der Waals surface area contributed by atoms with E-state index in [2.05, 4.69) is 27.9 Å². The molecule has 0 aliphatic carbocycles. The van der Waals surface area contributed by atoms with Crippen molar-refractivity contribution < 1.29 is 33.2 Å². The zero-order valence-corrected chi connectivity index (χ0v) is 19.5. The van der Waals surface area contributed by atoms with Crippen LogP contribution in [-0.4, -0.2) is 33.2 Å². The first-order chi connectivity index (χ1) is 13.9. The lowest BCUT2D eigenvalue weighted by molar-refractivity contribution is -0.0597. The van der Waals surface area contributed by atoms with E-state index in [1.807, 2.05) is 6.07 Å². The Morgan fingerprint density at radius 1 is 1.17 bits per heavy atom. The largest absolute Gasteiger partial charge is 0.485 e. The molecule has 1 amide bonds. The number of carbonyl (C=O) groups is 2. The zero-order chi connectivity index (χ0) is 22.3. The summed E-state index contributed by atoms with van der Waals surface area (Å²) in [6, 6.07) is 10.7. The molecule has 0 spiro atoms. The second-order valence-electron chi connectivity index (χ2n) is 7.49. The predicted molar refractivity (Wildman–Crippen MR) is 117 cm³/mol. The van der Waals surface area contributed by atoms with E-state index in [1.54, 1.807) is 50.2 Å². The van der Waals surface area contributed by atoms with E-state index in [-0.39, 0.29) is 5.78 Å². The first kappa shape index (κ1) is 22.9. The van der Waals surface area contributed by atoms with Gasteiger partial charge in [0.1, 0.15) is 17.5 Å². The van der Waals surface area contributed by atoms with Gasteiger partial charge < -0.3 is 19.8 Å². The maximum Gasteiger partial charge on any atom is 0.470 e. The summed E-state index contributed by atoms with van der Waals surface area (Å²) in [5, 5.41) is 2.81. The van der Waals surface area contributed by atoms with E-state index in [1.165, 1.54) is 6.92 Å². The van der Waals surface area contributed by atoms with Crippen LogP contribution in [0.3, 0.4) is 0 Å². The Hall–Kier alpha value is -1.78. The van der Waals surface area contributed by atoms with Gasteiger partial charge in [0.2, 0.25) is 0 Å². The van der Waals surface area contributed by atoms with Gasteiger partial charge in [0.15, 0.2) is 5.78 Å². The van der Waals surface area contributed by atoms with Gasteiger partial charge in [0.05, 0.1) is 6.04 Å². The Labute approximate surface area is 187 Å². The molecule has 10 heteroatoms. The van der Waals surface area contributed by atoms with E-state index >= 15 is 0 Å². The molecule has 0 unspecified atom stereocenters. The molecule has 0 bridgehead atoms. The molecule has 1 heterocycles. The minimum absolute atomic E-state index is 0.197. The van der Waals surface area contributed by atoms with Gasteiger partial charge in [0.25, 0.3) is 5.91 Å². The van der Waals surface area contributed by atoms with Crippen molar-refractivity contribution in [1.82, 2.24) is 5.32 Å². The summed E-state index contributed by atoms with van der Waals surface area (Å²) in [6.07, 6.45) is -1.22. The molecule has 0 saturated carbocycles. The molecule has 2 atom stereocenters. The van der Waals surface area contributed by atoms with Crippen molar-refractivity contribution in [2.45, 2.75) is 38.5 Å². The van der Waals surface area contributed by atoms with E-state index in [4.69, 9.17) is 9.26 Å². The van der Waals surface area contributed by atoms with Crippen LogP contribution < -0.4 is 10.1 Å². The summed E-state index contributed by atoms with van der Waals surface area (Å²) < 4.78 is 23.5. The van der Waals surface area contributed by atoms with Crippen molar-refractivity contribution in [3.8, 4) is 5.75 Å². The van der Waals surface area contributed by atoms with Crippen molar-refractivity contribution >= 4 is 42.1 Å². The van der Waals surface area contributed by atoms with Crippen LogP contribution in [0.4, 0.5) is 0 Å². The van der Waals surface area contributed by atoms with Crippen molar-refractivity contribution in [1.29, 1.82) is 0 Å². The summed E-state index contributed by atoms with van der Waals surface area (Å²) in [6.45, 7) is 4.62. The first-order valence-electron chi connectivity index (χ1n) is 9.02. The van der Waals surface area contributed by atoms with Crippen LogP contribution in [0.2, 0.25) is 0 Å². The molecule has 8 nitrogen and oxygen atoms in total. The standard InChI is InChI=1S/C20H21INO7P/c1-11(23)12-7-8-16-15(10-12)17(18(20(2,3)28-16)29-30(25,26)27)22-19(24)13-5-4-6-14(21)9-13/h4-10,17-18H,1-3H3,(H,22,24)(H2,25,26,27)/t17-,18-/m1/s1. The summed E-state index contributed by atoms with van der Waals surface area (Å²) in [5.74, 6) is -0.254. The number of ketones is 1. The van der Waals surface area contributed by atoms with Gasteiger partial charge in [-0.25, -0.2) is 4.57 Å². The Balaban J connectivity index is 2.09. The van der Waals surface area contributed by atoms with Gasteiger partial charge in [0, 0.05) is 20.3 Å². The fourth-order valence-corrected chi connectivity index (χ4v) is 4.57. The van der Waals surface area contributed by atoms with Gasteiger partial charge in [-0.05, 0) is 79.8 Å². The number of halogens is 1. The summed E-state index contributed by atoms with van der Waals surface area (Å²) in [4.78, 5) is 43.7. The number of phosphoric ester groups is 1. The summed E-state index contributed by atoms with van der Waals surface area (Å²) >= 11 is 2.08. The highest BCUT2D eigenvalue weighted by Gasteiger charge is 2.48. The first-order valence-corrected chi connectivity index (χ1v) is 11.6. The third kappa shape index (κ3) is 5.09. The van der Waals surface area contributed by atoms with Crippen LogP contribution in [0.25, 0.3) is 0 Å². The maximum absolute atomic E-state index is 12.9. The molecule has 0 fully saturated rings. The van der Waals surface area contributed by atoms with E-state index in [9.17, 15) is 23.9 Å². The number of ether oxygens (including phenoxy) is 1. The number of phosphoric acid groups is 1. The molecule has 2 aromatic rings. The van der Waals surface area contributed by atoms with Gasteiger partial charge in [-0.2, -0.15) is 0 Å². The normalized spacial score (nSPS) is 20.1. The number of hydrogen-bond donors (Lipinski definition) is 3. The third-order valence-electron chi connectivity index (χ3n) is 4.74. The van der Waals surface area contributed by atoms with Crippen LogP contribution in [0.5, 0.6) is 5.75 Å². The van der Waals surface area contributed by atoms with Crippen LogP contribution in [0.15, 0.2) is 42.5 Å². The number of amides is 1. The predicted octanol–water partition coefficient (Wildman–Crippen LogP) is 3.61. The van der Waals surface area contributed by atoms with E-state index in [0.29, 0.717) is 22.4 Å². The molecular weight excluding hydrogens is 524 g/mol. The topological polar surface area (TPSA) is 122 Å². The second-order valence-corrected chi connectivity index (χ2v) is 9.93. The average molecular weight is 545 g/mol. The van der Waals surface area contributed by atoms with Gasteiger partial charge in [-0.15, -0.1) is 0 Å². The quantitative estimate of drug-likeness (QED) is 0.298. The number of rotatable bonds is 5. The third-order valence-corrected chi connectivity index (χ3v) is 5.91. The monoisotopic (exact) mass is 545 g/mol. The molecule has 0 aromatic heterocycles. The van der Waals surface area contributed by atoms with Crippen LogP contribution in [0, 0.1) is 3.57 Å². The number of fused-ring (bicyclic) bond motifs is 1. The Morgan fingerprint density at radius 2 is 1.87 bits per heavy atom. The van der Waals surface area contributed by atoms with Gasteiger partial charge in [-0.1, -0.05) is 6.07 Å². The van der Waals surface area contributed by atoms with E-state index in [0.717, 1.165) is 3.57 Å². The number of carbonyl (C=O) groups excluding carboxylic acids is 2. The second kappa shape index (κ2) is 8.39. The highest BCUT2D eigenvalue weighted by Crippen LogP contribution is 2.48. The van der Waals surface area contributed by atoms with Crippen LogP contribution >= 0.6 is 30.4 Å². The lowest BCUT2D eigenvalue weighted by Gasteiger charge is -2.44.